The number of nitrogens with zero attached hydrogens (tertiary/aromatic N) is 1. The number of hydrogen-bond acceptors (Lipinski definition) is 1. The molecule has 0 amide bonds. The third kappa shape index (κ3) is 2.31. The first-order chi connectivity index (χ1) is 11.8. The second-order valence-corrected chi connectivity index (χ2v) is 6.12. The molecule has 0 aliphatic carbocycles. The number of benzene rings is 3. The van der Waals surface area contributed by atoms with Gasteiger partial charge < -0.3 is 4.57 Å². The standard InChI is InChI=1S/C22H19NO/c1-2-23-21-11-7-6-10-19(21)20-14-17(15-24)13-18(22(20)23)12-16-8-4-3-5-9-16/h3-11,13-15H,2,12H2,1H3. The van der Waals surface area contributed by atoms with Crippen LogP contribution in [0.5, 0.6) is 0 Å². The van der Waals surface area contributed by atoms with Gasteiger partial charge in [-0.2, -0.15) is 0 Å². The molecule has 0 fully saturated rings. The van der Waals surface area contributed by atoms with Crippen molar-refractivity contribution in [3.63, 3.8) is 0 Å². The highest BCUT2D eigenvalue weighted by atomic mass is 16.1. The van der Waals surface area contributed by atoms with E-state index < -0.39 is 0 Å². The Morgan fingerprint density at radius 2 is 1.67 bits per heavy atom. The number of fused-ring (bicyclic) bond motifs is 3. The predicted molar refractivity (Wildman–Crippen MR) is 99.8 cm³/mol. The normalized spacial score (nSPS) is 11.2. The van der Waals surface area contributed by atoms with Crippen molar-refractivity contribution in [1.82, 2.24) is 4.57 Å². The van der Waals surface area contributed by atoms with Crippen molar-refractivity contribution in [1.29, 1.82) is 0 Å². The van der Waals surface area contributed by atoms with Crippen LogP contribution in [0.4, 0.5) is 0 Å². The molecule has 0 aliphatic rings. The molecule has 0 saturated carbocycles. The van der Waals surface area contributed by atoms with E-state index in [1.165, 1.54) is 32.9 Å². The molecule has 2 nitrogen and oxygen atoms in total. The molecule has 0 N–H and O–H groups in total. The van der Waals surface area contributed by atoms with Crippen LogP contribution in [0.25, 0.3) is 21.8 Å². The van der Waals surface area contributed by atoms with Crippen molar-refractivity contribution in [2.75, 3.05) is 0 Å². The van der Waals surface area contributed by atoms with E-state index in [2.05, 4.69) is 60.0 Å². The van der Waals surface area contributed by atoms with Gasteiger partial charge in [0.25, 0.3) is 0 Å². The minimum Gasteiger partial charge on any atom is -0.341 e. The summed E-state index contributed by atoms with van der Waals surface area (Å²) >= 11 is 0. The lowest BCUT2D eigenvalue weighted by atomic mass is 9.99. The van der Waals surface area contributed by atoms with E-state index in [0.717, 1.165) is 24.8 Å². The van der Waals surface area contributed by atoms with Crippen LogP contribution >= 0.6 is 0 Å². The smallest absolute Gasteiger partial charge is 0.150 e. The Morgan fingerprint density at radius 1 is 0.917 bits per heavy atom. The molecule has 4 aromatic rings. The van der Waals surface area contributed by atoms with Gasteiger partial charge in [0.15, 0.2) is 0 Å². The highest BCUT2D eigenvalue weighted by Gasteiger charge is 2.14. The van der Waals surface area contributed by atoms with E-state index in [1.807, 2.05) is 18.2 Å². The summed E-state index contributed by atoms with van der Waals surface area (Å²) < 4.78 is 2.36. The fourth-order valence-corrected chi connectivity index (χ4v) is 3.65. The summed E-state index contributed by atoms with van der Waals surface area (Å²) in [7, 11) is 0. The zero-order valence-electron chi connectivity index (χ0n) is 13.7. The van der Waals surface area contributed by atoms with Gasteiger partial charge in [-0.05, 0) is 42.7 Å². The maximum absolute atomic E-state index is 11.5. The van der Waals surface area contributed by atoms with Gasteiger partial charge in [0.2, 0.25) is 0 Å². The monoisotopic (exact) mass is 313 g/mol. The Kier molecular flexibility index (Phi) is 3.66. The van der Waals surface area contributed by atoms with Crippen LogP contribution in [0.15, 0.2) is 66.7 Å². The van der Waals surface area contributed by atoms with Gasteiger partial charge in [-0.15, -0.1) is 0 Å². The number of rotatable bonds is 4. The van der Waals surface area contributed by atoms with E-state index >= 15 is 0 Å². The van der Waals surface area contributed by atoms with Gasteiger partial charge in [0, 0.05) is 28.4 Å². The number of carbonyl (C=O) groups is 1. The summed E-state index contributed by atoms with van der Waals surface area (Å²) in [6.07, 6.45) is 1.78. The summed E-state index contributed by atoms with van der Waals surface area (Å²) in [4.78, 5) is 11.5. The Labute approximate surface area is 141 Å². The van der Waals surface area contributed by atoms with E-state index in [-0.39, 0.29) is 0 Å². The molecule has 0 radical (unpaired) electrons. The van der Waals surface area contributed by atoms with Gasteiger partial charge in [-0.3, -0.25) is 4.79 Å². The van der Waals surface area contributed by atoms with E-state index in [1.54, 1.807) is 0 Å². The molecule has 0 spiro atoms. The third-order valence-electron chi connectivity index (χ3n) is 4.66. The lowest BCUT2D eigenvalue weighted by Crippen LogP contribution is -1.99. The maximum atomic E-state index is 11.5. The number of hydrogen-bond donors (Lipinski definition) is 0. The number of aldehydes is 1. The molecular formula is C22H19NO. The SMILES string of the molecule is CCn1c2ccccc2c2cc(C=O)cc(Cc3ccccc3)c21. The molecular weight excluding hydrogens is 294 g/mol. The summed E-state index contributed by atoms with van der Waals surface area (Å²) in [5.41, 5.74) is 5.68. The second kappa shape index (κ2) is 5.97. The molecule has 0 saturated heterocycles. The highest BCUT2D eigenvalue weighted by Crippen LogP contribution is 2.33. The molecule has 0 unspecified atom stereocenters. The molecule has 1 aromatic heterocycles. The van der Waals surface area contributed by atoms with Crippen LogP contribution in [-0.4, -0.2) is 10.9 Å². The average Bonchev–Trinajstić information content (AvgIpc) is 2.96. The van der Waals surface area contributed by atoms with Crippen molar-refractivity contribution in [2.24, 2.45) is 0 Å². The number of aryl methyl sites for hydroxylation is 1. The van der Waals surface area contributed by atoms with Crippen molar-refractivity contribution >= 4 is 28.1 Å². The maximum Gasteiger partial charge on any atom is 0.150 e. The molecule has 4 rings (SSSR count). The first-order valence-corrected chi connectivity index (χ1v) is 8.34. The Morgan fingerprint density at radius 3 is 2.42 bits per heavy atom. The molecule has 118 valence electrons. The van der Waals surface area contributed by atoms with Crippen LogP contribution in [0.1, 0.15) is 28.4 Å². The minimum absolute atomic E-state index is 0.743. The number of para-hydroxylation sites is 1. The van der Waals surface area contributed by atoms with Crippen LogP contribution in [0.3, 0.4) is 0 Å². The van der Waals surface area contributed by atoms with Crippen molar-refractivity contribution in [3.05, 3.63) is 83.4 Å². The lowest BCUT2D eigenvalue weighted by molar-refractivity contribution is 0.112. The summed E-state index contributed by atoms with van der Waals surface area (Å²) in [5.74, 6) is 0. The van der Waals surface area contributed by atoms with Crippen molar-refractivity contribution < 1.29 is 4.79 Å². The van der Waals surface area contributed by atoms with Crippen LogP contribution in [0, 0.1) is 0 Å². The Bertz CT molecular complexity index is 1030. The first-order valence-electron chi connectivity index (χ1n) is 8.34. The van der Waals surface area contributed by atoms with E-state index in [0.29, 0.717) is 0 Å². The predicted octanol–water partition coefficient (Wildman–Crippen LogP) is 5.22. The number of carbonyl (C=O) groups excluding carboxylic acids is 1. The summed E-state index contributed by atoms with van der Waals surface area (Å²) in [6.45, 7) is 3.08. The van der Waals surface area contributed by atoms with Crippen molar-refractivity contribution in [2.45, 2.75) is 19.9 Å². The van der Waals surface area contributed by atoms with Gasteiger partial charge >= 0.3 is 0 Å². The Hall–Kier alpha value is -2.87. The molecule has 1 heterocycles. The second-order valence-electron chi connectivity index (χ2n) is 6.12. The van der Waals surface area contributed by atoms with Gasteiger partial charge in [-0.1, -0.05) is 48.5 Å². The molecule has 3 aromatic carbocycles. The first kappa shape index (κ1) is 14.7. The fraction of sp³-hybridized carbons (Fsp3) is 0.136. The van der Waals surface area contributed by atoms with Gasteiger partial charge in [0.05, 0.1) is 5.52 Å². The third-order valence-corrected chi connectivity index (χ3v) is 4.66. The molecule has 2 heteroatoms. The summed E-state index contributed by atoms with van der Waals surface area (Å²) in [6, 6.07) is 22.9. The van der Waals surface area contributed by atoms with Gasteiger partial charge in [0.1, 0.15) is 6.29 Å². The zero-order chi connectivity index (χ0) is 16.5. The highest BCUT2D eigenvalue weighted by molar-refractivity contribution is 6.10. The fourth-order valence-electron chi connectivity index (χ4n) is 3.65. The van der Waals surface area contributed by atoms with Crippen LogP contribution in [0.2, 0.25) is 0 Å². The largest absolute Gasteiger partial charge is 0.341 e. The topological polar surface area (TPSA) is 22.0 Å². The Balaban J connectivity index is 2.06. The molecule has 0 atom stereocenters. The molecule has 24 heavy (non-hydrogen) atoms. The van der Waals surface area contributed by atoms with Crippen LogP contribution < -0.4 is 0 Å². The molecule has 0 aliphatic heterocycles. The van der Waals surface area contributed by atoms with E-state index in [9.17, 15) is 4.79 Å². The van der Waals surface area contributed by atoms with Crippen LogP contribution in [-0.2, 0) is 13.0 Å². The van der Waals surface area contributed by atoms with Crippen molar-refractivity contribution in [3.8, 4) is 0 Å². The number of aromatic nitrogens is 1. The lowest BCUT2D eigenvalue weighted by Gasteiger charge is -2.10. The summed E-state index contributed by atoms with van der Waals surface area (Å²) in [5, 5.41) is 2.38. The minimum atomic E-state index is 0.743. The van der Waals surface area contributed by atoms with E-state index in [4.69, 9.17) is 0 Å². The average molecular weight is 313 g/mol. The van der Waals surface area contributed by atoms with Gasteiger partial charge in [-0.25, -0.2) is 0 Å². The zero-order valence-corrected chi connectivity index (χ0v) is 13.7. The molecule has 0 bridgehead atoms. The quantitative estimate of drug-likeness (QED) is 0.474.